The second-order valence-electron chi connectivity index (χ2n) is 7.36. The molecular weight excluding hydrogens is 341 g/mol. The largest absolute Gasteiger partial charge is 0.350 e. The first-order chi connectivity index (χ1) is 12.2. The molecule has 3 rings (SSSR count). The molecular formula is C17H22FN5O3. The number of hydrazine groups is 1. The number of nitrogens with one attached hydrogen (secondary N) is 2. The summed E-state index contributed by atoms with van der Waals surface area (Å²) in [7, 11) is 0. The molecule has 0 aromatic heterocycles. The predicted octanol–water partition coefficient (Wildman–Crippen LogP) is 0.0194. The second kappa shape index (κ2) is 6.56. The number of hydrogen-bond donors (Lipinski definition) is 2. The van der Waals surface area contributed by atoms with E-state index in [0.29, 0.717) is 18.8 Å². The van der Waals surface area contributed by atoms with Crippen molar-refractivity contribution in [3.63, 3.8) is 0 Å². The van der Waals surface area contributed by atoms with Gasteiger partial charge in [0.1, 0.15) is 12.4 Å². The summed E-state index contributed by atoms with van der Waals surface area (Å²) in [6.45, 7) is 6.07. The van der Waals surface area contributed by atoms with E-state index in [0.717, 1.165) is 5.01 Å². The van der Waals surface area contributed by atoms with Gasteiger partial charge in [0.15, 0.2) is 6.29 Å². The molecule has 1 aromatic rings. The van der Waals surface area contributed by atoms with E-state index in [1.165, 1.54) is 17.0 Å². The van der Waals surface area contributed by atoms with E-state index >= 15 is 0 Å². The predicted molar refractivity (Wildman–Crippen MR) is 92.0 cm³/mol. The highest BCUT2D eigenvalue weighted by atomic mass is 19.1. The first-order valence-corrected chi connectivity index (χ1v) is 8.37. The van der Waals surface area contributed by atoms with Gasteiger partial charge in [-0.05, 0) is 45.0 Å². The molecule has 26 heavy (non-hydrogen) atoms. The highest BCUT2D eigenvalue weighted by Gasteiger charge is 2.45. The second-order valence-corrected chi connectivity index (χ2v) is 7.36. The molecule has 2 N–H and O–H groups in total. The number of anilines is 1. The smallest absolute Gasteiger partial charge is 0.326 e. The molecule has 0 bridgehead atoms. The Morgan fingerprint density at radius 2 is 1.77 bits per heavy atom. The minimum atomic E-state index is -0.772. The molecule has 1 unspecified atom stereocenters. The van der Waals surface area contributed by atoms with Crippen LogP contribution in [0, 0.1) is 5.82 Å². The maximum Gasteiger partial charge on any atom is 0.326 e. The molecule has 2 heterocycles. The van der Waals surface area contributed by atoms with Crippen LogP contribution < -0.4 is 15.6 Å². The molecule has 9 heteroatoms. The van der Waals surface area contributed by atoms with Crippen LogP contribution in [0.4, 0.5) is 10.1 Å². The number of carbonyl (C=O) groups is 3. The number of benzene rings is 1. The van der Waals surface area contributed by atoms with E-state index in [4.69, 9.17) is 0 Å². The lowest BCUT2D eigenvalue weighted by atomic mass is 10.1. The van der Waals surface area contributed by atoms with Gasteiger partial charge in [0.05, 0.1) is 0 Å². The van der Waals surface area contributed by atoms with Gasteiger partial charge in [-0.15, -0.1) is 0 Å². The van der Waals surface area contributed by atoms with Crippen molar-refractivity contribution in [3.05, 3.63) is 30.1 Å². The third-order valence-electron chi connectivity index (χ3n) is 4.11. The standard InChI is InChI=1S/C17H22FN5O3/c1-17(2,3)19-13(24)10-23-15(26)14(25)22-9-8-21(16(22)20-23)12-6-4-11(18)5-7-12/h4-7,16,20H,8-10H2,1-3H3,(H,19,24). The first-order valence-electron chi connectivity index (χ1n) is 8.37. The summed E-state index contributed by atoms with van der Waals surface area (Å²) < 4.78 is 13.2. The zero-order valence-corrected chi connectivity index (χ0v) is 15.0. The Hall–Kier alpha value is -2.68. The van der Waals surface area contributed by atoms with Crippen molar-refractivity contribution in [2.75, 3.05) is 24.5 Å². The number of hydrogen-bond acceptors (Lipinski definition) is 5. The molecule has 2 fully saturated rings. The Labute approximate surface area is 150 Å². The fourth-order valence-electron chi connectivity index (χ4n) is 3.04. The molecule has 0 aliphatic carbocycles. The number of carbonyl (C=O) groups excluding carboxylic acids is 3. The van der Waals surface area contributed by atoms with E-state index in [1.807, 2.05) is 25.7 Å². The van der Waals surface area contributed by atoms with Gasteiger partial charge in [0, 0.05) is 24.3 Å². The van der Waals surface area contributed by atoms with Gasteiger partial charge in [-0.25, -0.2) is 4.39 Å². The zero-order valence-electron chi connectivity index (χ0n) is 15.0. The lowest BCUT2D eigenvalue weighted by Gasteiger charge is -2.40. The third-order valence-corrected chi connectivity index (χ3v) is 4.11. The molecule has 0 radical (unpaired) electrons. The summed E-state index contributed by atoms with van der Waals surface area (Å²) in [6, 6.07) is 5.89. The van der Waals surface area contributed by atoms with Crippen molar-refractivity contribution >= 4 is 23.4 Å². The minimum absolute atomic E-state index is 0.274. The summed E-state index contributed by atoms with van der Waals surface area (Å²) in [4.78, 5) is 40.1. The third kappa shape index (κ3) is 3.62. The van der Waals surface area contributed by atoms with E-state index < -0.39 is 23.6 Å². The zero-order chi connectivity index (χ0) is 19.1. The molecule has 0 saturated carbocycles. The Morgan fingerprint density at radius 1 is 1.15 bits per heavy atom. The number of rotatable bonds is 3. The van der Waals surface area contributed by atoms with Gasteiger partial charge >= 0.3 is 11.8 Å². The average Bonchev–Trinajstić information content (AvgIpc) is 2.95. The molecule has 1 aromatic carbocycles. The van der Waals surface area contributed by atoms with Crippen LogP contribution in [0.5, 0.6) is 0 Å². The van der Waals surface area contributed by atoms with Crippen molar-refractivity contribution in [3.8, 4) is 0 Å². The van der Waals surface area contributed by atoms with Crippen LogP contribution in [0.2, 0.25) is 0 Å². The number of fused-ring (bicyclic) bond motifs is 1. The molecule has 2 aliphatic rings. The van der Waals surface area contributed by atoms with Gasteiger partial charge in [-0.2, -0.15) is 5.43 Å². The fourth-order valence-corrected chi connectivity index (χ4v) is 3.04. The van der Waals surface area contributed by atoms with Crippen molar-refractivity contribution in [2.45, 2.75) is 32.6 Å². The highest BCUT2D eigenvalue weighted by Crippen LogP contribution is 2.25. The monoisotopic (exact) mass is 363 g/mol. The van der Waals surface area contributed by atoms with Crippen LogP contribution in [0.3, 0.4) is 0 Å². The Kier molecular flexibility index (Phi) is 4.57. The Morgan fingerprint density at radius 3 is 2.38 bits per heavy atom. The van der Waals surface area contributed by atoms with Crippen LogP contribution in [-0.2, 0) is 14.4 Å². The Balaban J connectivity index is 1.76. The van der Waals surface area contributed by atoms with Gasteiger partial charge in [-0.1, -0.05) is 0 Å². The molecule has 2 saturated heterocycles. The van der Waals surface area contributed by atoms with E-state index in [1.54, 1.807) is 12.1 Å². The highest BCUT2D eigenvalue weighted by molar-refractivity contribution is 6.35. The molecule has 140 valence electrons. The molecule has 3 amide bonds. The lowest BCUT2D eigenvalue weighted by molar-refractivity contribution is -0.163. The van der Waals surface area contributed by atoms with Gasteiger partial charge in [0.25, 0.3) is 0 Å². The van der Waals surface area contributed by atoms with E-state index in [-0.39, 0.29) is 18.3 Å². The fraction of sp³-hybridized carbons (Fsp3) is 0.471. The number of amides is 3. The van der Waals surface area contributed by atoms with Crippen LogP contribution in [0.1, 0.15) is 20.8 Å². The maximum atomic E-state index is 13.2. The lowest BCUT2D eigenvalue weighted by Crippen LogP contribution is -2.68. The van der Waals surface area contributed by atoms with E-state index in [2.05, 4.69) is 10.7 Å². The van der Waals surface area contributed by atoms with Crippen molar-refractivity contribution in [1.82, 2.24) is 20.7 Å². The van der Waals surface area contributed by atoms with Crippen molar-refractivity contribution in [2.24, 2.45) is 0 Å². The van der Waals surface area contributed by atoms with Gasteiger partial charge < -0.3 is 10.2 Å². The van der Waals surface area contributed by atoms with Crippen LogP contribution in [0.25, 0.3) is 0 Å². The van der Waals surface area contributed by atoms with Crippen LogP contribution in [-0.4, -0.2) is 59.1 Å². The summed E-state index contributed by atoms with van der Waals surface area (Å²) >= 11 is 0. The molecule has 1 atom stereocenters. The van der Waals surface area contributed by atoms with Gasteiger partial charge in [-0.3, -0.25) is 24.3 Å². The van der Waals surface area contributed by atoms with Crippen LogP contribution >= 0.6 is 0 Å². The first kappa shape index (κ1) is 18.1. The van der Waals surface area contributed by atoms with Crippen molar-refractivity contribution < 1.29 is 18.8 Å². The van der Waals surface area contributed by atoms with Gasteiger partial charge in [0.2, 0.25) is 5.91 Å². The molecule has 2 aliphatic heterocycles. The summed E-state index contributed by atoms with van der Waals surface area (Å²) in [5, 5.41) is 3.79. The SMILES string of the molecule is CC(C)(C)NC(=O)CN1NC2N(CCN2c2ccc(F)cc2)C(=O)C1=O. The van der Waals surface area contributed by atoms with E-state index in [9.17, 15) is 18.8 Å². The minimum Gasteiger partial charge on any atom is -0.350 e. The summed E-state index contributed by atoms with van der Waals surface area (Å²) in [5.41, 5.74) is 3.21. The Bertz CT molecular complexity index is 731. The number of halogens is 1. The normalized spacial score (nSPS) is 20.5. The number of nitrogens with zero attached hydrogens (tertiary/aromatic N) is 3. The maximum absolute atomic E-state index is 13.2. The van der Waals surface area contributed by atoms with Crippen LogP contribution in [0.15, 0.2) is 24.3 Å². The molecule has 8 nitrogen and oxygen atoms in total. The average molecular weight is 363 g/mol. The quantitative estimate of drug-likeness (QED) is 0.740. The van der Waals surface area contributed by atoms with Crippen molar-refractivity contribution in [1.29, 1.82) is 0 Å². The molecule has 0 spiro atoms. The summed E-state index contributed by atoms with van der Waals surface area (Å²) in [5.74, 6) is -2.16. The summed E-state index contributed by atoms with van der Waals surface area (Å²) in [6.07, 6.45) is -0.604. The topological polar surface area (TPSA) is 85.0 Å².